The molecule has 0 saturated carbocycles. The molecule has 142 valence electrons. The van der Waals surface area contributed by atoms with Gasteiger partial charge in [0.15, 0.2) is 5.13 Å². The van der Waals surface area contributed by atoms with Gasteiger partial charge in [-0.3, -0.25) is 14.4 Å². The molecule has 0 N–H and O–H groups in total. The summed E-state index contributed by atoms with van der Waals surface area (Å²) in [6, 6.07) is 9.71. The number of nitrogens with zero attached hydrogens (tertiary/aromatic N) is 4. The van der Waals surface area contributed by atoms with E-state index in [-0.39, 0.29) is 5.91 Å². The number of carbonyl (C=O) groups excluding carboxylic acids is 1. The zero-order valence-corrected chi connectivity index (χ0v) is 17.4. The first-order valence-electron chi connectivity index (χ1n) is 9.19. The molecule has 2 heterocycles. The van der Waals surface area contributed by atoms with Gasteiger partial charge in [-0.05, 0) is 38.8 Å². The maximum Gasteiger partial charge on any atom is 0.237 e. The Bertz CT molecular complexity index is 927. The fourth-order valence-corrected chi connectivity index (χ4v) is 3.96. The van der Waals surface area contributed by atoms with E-state index in [2.05, 4.69) is 23.9 Å². The number of aromatic nitrogens is 3. The molecule has 3 rings (SSSR count). The highest BCUT2D eigenvalue weighted by Gasteiger charge is 2.24. The maximum atomic E-state index is 13.3. The number of para-hydroxylation sites is 1. The van der Waals surface area contributed by atoms with Gasteiger partial charge in [0, 0.05) is 23.2 Å². The number of hydrogen-bond donors (Lipinski definition) is 0. The van der Waals surface area contributed by atoms with Crippen LogP contribution in [0.2, 0.25) is 0 Å². The zero-order chi connectivity index (χ0) is 19.6. The van der Waals surface area contributed by atoms with E-state index in [1.807, 2.05) is 61.2 Å². The smallest absolute Gasteiger partial charge is 0.237 e. The van der Waals surface area contributed by atoms with E-state index in [4.69, 9.17) is 0 Å². The summed E-state index contributed by atoms with van der Waals surface area (Å²) in [5.41, 5.74) is 4.75. The molecule has 27 heavy (non-hydrogen) atoms. The second kappa shape index (κ2) is 8.05. The molecule has 0 atom stereocenters. The Kier molecular flexibility index (Phi) is 5.75. The van der Waals surface area contributed by atoms with Crippen molar-refractivity contribution in [3.05, 3.63) is 58.4 Å². The third-order valence-corrected chi connectivity index (χ3v) is 5.40. The first-order valence-corrected chi connectivity index (χ1v) is 10.1. The molecule has 2 aromatic heterocycles. The van der Waals surface area contributed by atoms with Crippen LogP contribution in [0, 0.1) is 26.7 Å². The third kappa shape index (κ3) is 4.27. The summed E-state index contributed by atoms with van der Waals surface area (Å²) in [5, 5.41) is 7.32. The van der Waals surface area contributed by atoms with Gasteiger partial charge >= 0.3 is 0 Å². The molecule has 0 aliphatic carbocycles. The van der Waals surface area contributed by atoms with E-state index in [1.165, 1.54) is 11.3 Å². The van der Waals surface area contributed by atoms with Crippen LogP contribution in [-0.2, 0) is 17.8 Å². The van der Waals surface area contributed by atoms with Crippen molar-refractivity contribution >= 4 is 28.1 Å². The SMILES string of the molecule is Cc1csc(N(C(=O)Cc2c(C)nn(CC(C)C)c2C)c2ccccc2)n1. The molecule has 1 amide bonds. The number of thiazole rings is 1. The molecule has 0 saturated heterocycles. The van der Waals surface area contributed by atoms with Gasteiger partial charge in [-0.25, -0.2) is 4.98 Å². The highest BCUT2D eigenvalue weighted by molar-refractivity contribution is 7.14. The van der Waals surface area contributed by atoms with Crippen molar-refractivity contribution in [2.24, 2.45) is 5.92 Å². The highest BCUT2D eigenvalue weighted by atomic mass is 32.1. The molecular weight excluding hydrogens is 356 g/mol. The largest absolute Gasteiger partial charge is 0.274 e. The number of rotatable bonds is 6. The fraction of sp³-hybridized carbons (Fsp3) is 0.381. The molecule has 0 unspecified atom stereocenters. The van der Waals surface area contributed by atoms with E-state index in [0.29, 0.717) is 17.5 Å². The van der Waals surface area contributed by atoms with Crippen LogP contribution in [0.15, 0.2) is 35.7 Å². The van der Waals surface area contributed by atoms with Crippen molar-refractivity contribution in [2.75, 3.05) is 4.90 Å². The van der Waals surface area contributed by atoms with Crippen molar-refractivity contribution in [3.63, 3.8) is 0 Å². The number of amides is 1. The number of hydrogen-bond acceptors (Lipinski definition) is 4. The van der Waals surface area contributed by atoms with Crippen LogP contribution in [0.3, 0.4) is 0 Å². The van der Waals surface area contributed by atoms with E-state index in [1.54, 1.807) is 4.90 Å². The monoisotopic (exact) mass is 382 g/mol. The standard InChI is InChI=1S/C21H26N4OS/c1-14(2)12-24-17(5)19(16(4)23-24)11-20(26)25(18-9-7-6-8-10-18)21-22-15(3)13-27-21/h6-10,13-14H,11-12H2,1-5H3. The third-order valence-electron chi connectivity index (χ3n) is 4.46. The molecule has 0 aliphatic rings. The van der Waals surface area contributed by atoms with Gasteiger partial charge < -0.3 is 0 Å². The van der Waals surface area contributed by atoms with Crippen LogP contribution in [0.4, 0.5) is 10.8 Å². The number of anilines is 2. The molecular formula is C21H26N4OS. The predicted molar refractivity (Wildman–Crippen MR) is 111 cm³/mol. The Morgan fingerprint density at radius 2 is 1.89 bits per heavy atom. The second-order valence-electron chi connectivity index (χ2n) is 7.24. The summed E-state index contributed by atoms with van der Waals surface area (Å²) in [6.45, 7) is 11.2. The summed E-state index contributed by atoms with van der Waals surface area (Å²) in [4.78, 5) is 19.6. The summed E-state index contributed by atoms with van der Waals surface area (Å²) in [7, 11) is 0. The lowest BCUT2D eigenvalue weighted by atomic mass is 10.1. The quantitative estimate of drug-likeness (QED) is 0.614. The Hall–Kier alpha value is -2.47. The molecule has 3 aromatic rings. The van der Waals surface area contributed by atoms with Crippen molar-refractivity contribution in [3.8, 4) is 0 Å². The van der Waals surface area contributed by atoms with E-state index in [9.17, 15) is 4.79 Å². The summed E-state index contributed by atoms with van der Waals surface area (Å²) >= 11 is 1.49. The lowest BCUT2D eigenvalue weighted by Gasteiger charge is -2.20. The topological polar surface area (TPSA) is 51.0 Å². The normalized spacial score (nSPS) is 11.2. The van der Waals surface area contributed by atoms with Gasteiger partial charge in [-0.15, -0.1) is 11.3 Å². The number of aryl methyl sites for hydroxylation is 2. The Labute approximate surface area is 164 Å². The van der Waals surface area contributed by atoms with Crippen molar-refractivity contribution in [1.29, 1.82) is 0 Å². The van der Waals surface area contributed by atoms with Crippen LogP contribution in [-0.4, -0.2) is 20.7 Å². The molecule has 0 fully saturated rings. The lowest BCUT2D eigenvalue weighted by molar-refractivity contribution is -0.117. The minimum Gasteiger partial charge on any atom is -0.274 e. The summed E-state index contributed by atoms with van der Waals surface area (Å²) in [5.74, 6) is 0.511. The second-order valence-corrected chi connectivity index (χ2v) is 8.07. The molecule has 6 heteroatoms. The van der Waals surface area contributed by atoms with Crippen LogP contribution in [0.5, 0.6) is 0 Å². The molecule has 1 aromatic carbocycles. The Morgan fingerprint density at radius 3 is 2.48 bits per heavy atom. The molecule has 0 spiro atoms. The molecule has 5 nitrogen and oxygen atoms in total. The lowest BCUT2D eigenvalue weighted by Crippen LogP contribution is -2.28. The number of carbonyl (C=O) groups is 1. The average Bonchev–Trinajstić information content (AvgIpc) is 3.14. The zero-order valence-electron chi connectivity index (χ0n) is 16.6. The minimum absolute atomic E-state index is 0.00541. The summed E-state index contributed by atoms with van der Waals surface area (Å²) < 4.78 is 2.02. The van der Waals surface area contributed by atoms with Crippen molar-refractivity contribution in [1.82, 2.24) is 14.8 Å². The van der Waals surface area contributed by atoms with Crippen molar-refractivity contribution in [2.45, 2.75) is 47.6 Å². The first kappa shape index (κ1) is 19.3. The fourth-order valence-electron chi connectivity index (χ4n) is 3.13. The van der Waals surface area contributed by atoms with Gasteiger partial charge in [-0.2, -0.15) is 5.10 Å². The molecule has 0 aliphatic heterocycles. The van der Waals surface area contributed by atoms with E-state index >= 15 is 0 Å². The first-order chi connectivity index (χ1) is 12.9. The molecule has 0 bridgehead atoms. The average molecular weight is 383 g/mol. The van der Waals surface area contributed by atoms with Crippen molar-refractivity contribution < 1.29 is 4.79 Å². The van der Waals surface area contributed by atoms with Gasteiger partial charge in [0.2, 0.25) is 5.91 Å². The Morgan fingerprint density at radius 1 is 1.19 bits per heavy atom. The van der Waals surface area contributed by atoms with Gasteiger partial charge in [0.1, 0.15) is 0 Å². The van der Waals surface area contributed by atoms with Crippen LogP contribution < -0.4 is 4.90 Å². The van der Waals surface area contributed by atoms with Gasteiger partial charge in [0.05, 0.1) is 23.5 Å². The Balaban J connectivity index is 1.93. The predicted octanol–water partition coefficient (Wildman–Crippen LogP) is 4.83. The molecule has 0 radical (unpaired) electrons. The maximum absolute atomic E-state index is 13.3. The van der Waals surface area contributed by atoms with Crippen LogP contribution >= 0.6 is 11.3 Å². The highest BCUT2D eigenvalue weighted by Crippen LogP contribution is 2.30. The minimum atomic E-state index is 0.00541. The van der Waals surface area contributed by atoms with Crippen LogP contribution in [0.25, 0.3) is 0 Å². The van der Waals surface area contributed by atoms with E-state index < -0.39 is 0 Å². The number of benzene rings is 1. The van der Waals surface area contributed by atoms with Gasteiger partial charge in [0.25, 0.3) is 0 Å². The van der Waals surface area contributed by atoms with Gasteiger partial charge in [-0.1, -0.05) is 32.0 Å². The summed E-state index contributed by atoms with van der Waals surface area (Å²) in [6.07, 6.45) is 0.309. The van der Waals surface area contributed by atoms with Crippen LogP contribution in [0.1, 0.15) is 36.5 Å². The van der Waals surface area contributed by atoms with E-state index in [0.717, 1.165) is 34.9 Å².